The van der Waals surface area contributed by atoms with Gasteiger partial charge in [-0.2, -0.15) is 5.10 Å². The molecule has 5 rings (SSSR count). The SMILES string of the molecule is O=C(Oc1ccc(CCC2CO2)cc1)c1cc(C(=O)Oc2ccc(OCC3CO3)cc2)[nH]n1. The number of aromatic amines is 1. The molecule has 3 heterocycles. The summed E-state index contributed by atoms with van der Waals surface area (Å²) in [4.78, 5) is 24.7. The molecule has 2 aliphatic heterocycles. The minimum Gasteiger partial charge on any atom is -0.491 e. The van der Waals surface area contributed by atoms with Crippen LogP contribution in [-0.4, -0.2) is 54.2 Å². The molecular formula is C24H22N2O7. The van der Waals surface area contributed by atoms with Gasteiger partial charge in [-0.3, -0.25) is 5.10 Å². The van der Waals surface area contributed by atoms with Gasteiger partial charge in [-0.25, -0.2) is 9.59 Å². The standard InChI is InChI=1S/C24H22N2O7/c27-23(32-17-4-1-15(2-5-17)3-6-19-12-30-19)21-11-22(26-25-21)24(28)33-18-9-7-16(8-10-18)29-13-20-14-31-20/h1-2,4-5,7-11,19-20H,3,6,12-14H2,(H,25,26). The van der Waals surface area contributed by atoms with Crippen LogP contribution in [0.15, 0.2) is 54.6 Å². The van der Waals surface area contributed by atoms with Crippen LogP contribution in [0.2, 0.25) is 0 Å². The van der Waals surface area contributed by atoms with Crippen LogP contribution < -0.4 is 14.2 Å². The van der Waals surface area contributed by atoms with Crippen molar-refractivity contribution in [2.45, 2.75) is 25.0 Å². The van der Waals surface area contributed by atoms with E-state index in [1.807, 2.05) is 12.1 Å². The fraction of sp³-hybridized carbons (Fsp3) is 0.292. The third kappa shape index (κ3) is 5.97. The van der Waals surface area contributed by atoms with Crippen LogP contribution in [0.4, 0.5) is 0 Å². The van der Waals surface area contributed by atoms with Crippen molar-refractivity contribution in [1.29, 1.82) is 0 Å². The number of hydrogen-bond donors (Lipinski definition) is 1. The summed E-state index contributed by atoms with van der Waals surface area (Å²) in [5.41, 5.74) is 1.15. The Hall–Kier alpha value is -3.69. The summed E-state index contributed by atoms with van der Waals surface area (Å²) in [5, 5.41) is 6.37. The van der Waals surface area contributed by atoms with Gasteiger partial charge in [0.25, 0.3) is 0 Å². The fourth-order valence-electron chi connectivity index (χ4n) is 3.10. The predicted molar refractivity (Wildman–Crippen MR) is 115 cm³/mol. The number of carbonyl (C=O) groups is 2. The Morgan fingerprint density at radius 3 is 2.15 bits per heavy atom. The summed E-state index contributed by atoms with van der Waals surface area (Å²) in [7, 11) is 0. The van der Waals surface area contributed by atoms with Crippen LogP contribution in [0.5, 0.6) is 17.2 Å². The normalized spacial score (nSPS) is 18.4. The van der Waals surface area contributed by atoms with Gasteiger partial charge in [0.05, 0.1) is 19.3 Å². The molecule has 0 spiro atoms. The number of H-pyrrole nitrogens is 1. The maximum Gasteiger partial charge on any atom is 0.364 e. The molecule has 0 aliphatic carbocycles. The molecule has 2 aromatic carbocycles. The maximum atomic E-state index is 12.4. The number of nitrogens with one attached hydrogen (secondary N) is 1. The first-order chi connectivity index (χ1) is 16.1. The third-order valence-electron chi connectivity index (χ3n) is 5.17. The van der Waals surface area contributed by atoms with E-state index < -0.39 is 11.9 Å². The maximum absolute atomic E-state index is 12.4. The van der Waals surface area contributed by atoms with Crippen LogP contribution in [0, 0.1) is 0 Å². The topological polar surface area (TPSA) is 116 Å². The lowest BCUT2D eigenvalue weighted by Gasteiger charge is -2.06. The van der Waals surface area contributed by atoms with E-state index in [0.29, 0.717) is 30.0 Å². The zero-order valence-electron chi connectivity index (χ0n) is 17.7. The molecule has 9 nitrogen and oxygen atoms in total. The van der Waals surface area contributed by atoms with Crippen molar-refractivity contribution in [2.24, 2.45) is 0 Å². The van der Waals surface area contributed by atoms with Gasteiger partial charge in [0.1, 0.15) is 35.7 Å². The molecule has 2 saturated heterocycles. The average Bonchev–Trinajstić information content (AvgIpc) is 3.77. The van der Waals surface area contributed by atoms with E-state index in [-0.39, 0.29) is 17.5 Å². The smallest absolute Gasteiger partial charge is 0.364 e. The molecule has 2 atom stereocenters. The molecule has 33 heavy (non-hydrogen) atoms. The highest BCUT2D eigenvalue weighted by Crippen LogP contribution is 2.21. The molecule has 3 aromatic rings. The van der Waals surface area contributed by atoms with Gasteiger partial charge in [-0.1, -0.05) is 12.1 Å². The Bertz CT molecular complexity index is 1030. The fourth-order valence-corrected chi connectivity index (χ4v) is 3.10. The number of hydrogen-bond acceptors (Lipinski definition) is 8. The van der Waals surface area contributed by atoms with Gasteiger partial charge >= 0.3 is 11.9 Å². The Kier molecular flexibility index (Phi) is 6.05. The lowest BCUT2D eigenvalue weighted by atomic mass is 10.1. The zero-order chi connectivity index (χ0) is 22.6. The van der Waals surface area contributed by atoms with E-state index in [9.17, 15) is 9.59 Å². The van der Waals surface area contributed by atoms with Crippen LogP contribution >= 0.6 is 0 Å². The van der Waals surface area contributed by atoms with E-state index in [1.165, 1.54) is 6.07 Å². The number of aryl methyl sites for hydroxylation is 1. The van der Waals surface area contributed by atoms with Gasteiger partial charge in [-0.15, -0.1) is 0 Å². The number of rotatable bonds is 10. The minimum atomic E-state index is -0.675. The van der Waals surface area contributed by atoms with E-state index in [1.54, 1.807) is 36.4 Å². The molecule has 2 unspecified atom stereocenters. The molecule has 1 aromatic heterocycles. The van der Waals surface area contributed by atoms with Crippen molar-refractivity contribution in [3.8, 4) is 17.2 Å². The van der Waals surface area contributed by atoms with E-state index in [0.717, 1.165) is 31.6 Å². The highest BCUT2D eigenvalue weighted by Gasteiger charge is 2.23. The van der Waals surface area contributed by atoms with Crippen LogP contribution in [-0.2, 0) is 15.9 Å². The quantitative estimate of drug-likeness (QED) is 0.285. The Balaban J connectivity index is 1.12. The molecule has 1 N–H and O–H groups in total. The summed E-state index contributed by atoms with van der Waals surface area (Å²) in [5.74, 6) is 0.0363. The molecule has 9 heteroatoms. The summed E-state index contributed by atoms with van der Waals surface area (Å²) in [6.07, 6.45) is 2.44. The number of aromatic nitrogens is 2. The first-order valence-electron chi connectivity index (χ1n) is 10.7. The van der Waals surface area contributed by atoms with Crippen molar-refractivity contribution in [3.05, 3.63) is 71.5 Å². The first kappa shape index (κ1) is 21.2. The number of benzene rings is 2. The lowest BCUT2D eigenvalue weighted by Crippen LogP contribution is -2.10. The lowest BCUT2D eigenvalue weighted by molar-refractivity contribution is 0.0722. The second-order valence-corrected chi connectivity index (χ2v) is 7.82. The van der Waals surface area contributed by atoms with Crippen molar-refractivity contribution in [1.82, 2.24) is 10.2 Å². The van der Waals surface area contributed by atoms with Crippen molar-refractivity contribution in [2.75, 3.05) is 19.8 Å². The van der Waals surface area contributed by atoms with Gasteiger partial charge in [0.2, 0.25) is 0 Å². The molecular weight excluding hydrogens is 428 g/mol. The molecule has 2 fully saturated rings. The largest absolute Gasteiger partial charge is 0.491 e. The molecule has 0 amide bonds. The summed E-state index contributed by atoms with van der Waals surface area (Å²) >= 11 is 0. The molecule has 170 valence electrons. The number of nitrogens with zero attached hydrogens (tertiary/aromatic N) is 1. The molecule has 0 saturated carbocycles. The molecule has 0 radical (unpaired) electrons. The molecule has 0 bridgehead atoms. The van der Waals surface area contributed by atoms with Crippen molar-refractivity contribution < 1.29 is 33.3 Å². The van der Waals surface area contributed by atoms with Gasteiger partial charge in [0, 0.05) is 6.07 Å². The Labute approximate surface area is 189 Å². The first-order valence-corrected chi connectivity index (χ1v) is 10.7. The Morgan fingerprint density at radius 2 is 1.48 bits per heavy atom. The van der Waals surface area contributed by atoms with E-state index in [2.05, 4.69) is 10.2 Å². The predicted octanol–water partition coefficient (Wildman–Crippen LogP) is 2.96. The number of epoxide rings is 2. The van der Waals surface area contributed by atoms with E-state index in [4.69, 9.17) is 23.7 Å². The van der Waals surface area contributed by atoms with Crippen molar-refractivity contribution >= 4 is 11.9 Å². The number of esters is 2. The minimum absolute atomic E-state index is 0.0250. The average molecular weight is 450 g/mol. The monoisotopic (exact) mass is 450 g/mol. The number of ether oxygens (including phenoxy) is 5. The second kappa shape index (κ2) is 9.43. The van der Waals surface area contributed by atoms with Crippen molar-refractivity contribution in [3.63, 3.8) is 0 Å². The van der Waals surface area contributed by atoms with Gasteiger partial charge in [-0.05, 0) is 54.8 Å². The third-order valence-corrected chi connectivity index (χ3v) is 5.17. The summed E-state index contributed by atoms with van der Waals surface area (Å²) < 4.78 is 26.5. The summed E-state index contributed by atoms with van der Waals surface area (Å²) in [6.45, 7) is 2.05. The van der Waals surface area contributed by atoms with Crippen LogP contribution in [0.25, 0.3) is 0 Å². The van der Waals surface area contributed by atoms with Gasteiger partial charge in [0.15, 0.2) is 5.69 Å². The zero-order valence-corrected chi connectivity index (χ0v) is 17.7. The Morgan fingerprint density at radius 1 is 0.879 bits per heavy atom. The van der Waals surface area contributed by atoms with Gasteiger partial charge < -0.3 is 23.7 Å². The van der Waals surface area contributed by atoms with Crippen LogP contribution in [0.3, 0.4) is 0 Å². The highest BCUT2D eigenvalue weighted by molar-refractivity contribution is 5.94. The molecule has 2 aliphatic rings. The summed E-state index contributed by atoms with van der Waals surface area (Å²) in [6, 6.07) is 15.2. The van der Waals surface area contributed by atoms with Crippen LogP contribution in [0.1, 0.15) is 33.0 Å². The second-order valence-electron chi connectivity index (χ2n) is 7.82. The number of carbonyl (C=O) groups excluding carboxylic acids is 2. The van der Waals surface area contributed by atoms with E-state index >= 15 is 0 Å². The highest BCUT2D eigenvalue weighted by atomic mass is 16.6.